The van der Waals surface area contributed by atoms with Crippen molar-refractivity contribution in [1.82, 2.24) is 4.90 Å². The van der Waals surface area contributed by atoms with Crippen LogP contribution in [0.1, 0.15) is 37.0 Å². The molecule has 0 fully saturated rings. The maximum Gasteiger partial charge on any atom is 0.306 e. The molecule has 1 aliphatic heterocycles. The molecule has 1 aromatic carbocycles. The number of aryl methyl sites for hydroxylation is 1. The molecule has 1 atom stereocenters. The van der Waals surface area contributed by atoms with Crippen LogP contribution in [0.4, 0.5) is 0 Å². The molecule has 1 N–H and O–H groups in total. The second-order valence-electron chi connectivity index (χ2n) is 5.15. The van der Waals surface area contributed by atoms with E-state index in [4.69, 9.17) is 5.11 Å². The fourth-order valence-corrected chi connectivity index (χ4v) is 2.32. The Morgan fingerprint density at radius 2 is 2.00 bits per heavy atom. The first-order valence-electron chi connectivity index (χ1n) is 6.62. The van der Waals surface area contributed by atoms with Crippen molar-refractivity contribution < 1.29 is 14.7 Å². The van der Waals surface area contributed by atoms with Gasteiger partial charge in [0.15, 0.2) is 0 Å². The first-order chi connectivity index (χ1) is 9.01. The minimum atomic E-state index is -0.918. The molecule has 0 aliphatic carbocycles. The standard InChI is InChI=1S/C15H19NO3/c1-3-11-4-5-12-8-16(9-13(12)7-11)14(17)6-10(2)15(18)19/h4-5,7,10H,3,6,8-9H2,1-2H3,(H,18,19)/t10-/m0/s1. The Morgan fingerprint density at radius 1 is 1.32 bits per heavy atom. The van der Waals surface area contributed by atoms with Crippen molar-refractivity contribution >= 4 is 11.9 Å². The summed E-state index contributed by atoms with van der Waals surface area (Å²) in [6, 6.07) is 6.30. The van der Waals surface area contributed by atoms with Gasteiger partial charge in [-0.15, -0.1) is 0 Å². The lowest BCUT2D eigenvalue weighted by atomic mass is 10.1. The van der Waals surface area contributed by atoms with Crippen LogP contribution in [0.2, 0.25) is 0 Å². The zero-order valence-corrected chi connectivity index (χ0v) is 11.3. The number of carboxylic acid groups (broad SMARTS) is 1. The number of hydrogen-bond acceptors (Lipinski definition) is 2. The Bertz CT molecular complexity index is 510. The molecule has 0 aromatic heterocycles. The Labute approximate surface area is 113 Å². The van der Waals surface area contributed by atoms with Crippen LogP contribution >= 0.6 is 0 Å². The van der Waals surface area contributed by atoms with Crippen molar-refractivity contribution in [2.45, 2.75) is 39.8 Å². The summed E-state index contributed by atoms with van der Waals surface area (Å²) in [5.41, 5.74) is 3.64. The minimum absolute atomic E-state index is 0.0734. The van der Waals surface area contributed by atoms with Gasteiger partial charge in [-0.05, 0) is 23.1 Å². The molecule has 0 bridgehead atoms. The first-order valence-corrected chi connectivity index (χ1v) is 6.62. The summed E-state index contributed by atoms with van der Waals surface area (Å²) >= 11 is 0. The highest BCUT2D eigenvalue weighted by Gasteiger charge is 2.26. The fraction of sp³-hybridized carbons (Fsp3) is 0.467. The van der Waals surface area contributed by atoms with E-state index in [0.717, 1.165) is 6.42 Å². The van der Waals surface area contributed by atoms with E-state index in [-0.39, 0.29) is 12.3 Å². The number of aliphatic carboxylic acids is 1. The molecule has 0 saturated heterocycles. The van der Waals surface area contributed by atoms with Gasteiger partial charge in [-0.1, -0.05) is 32.0 Å². The third-order valence-electron chi connectivity index (χ3n) is 3.66. The third kappa shape index (κ3) is 2.95. The van der Waals surface area contributed by atoms with Gasteiger partial charge in [0.25, 0.3) is 0 Å². The largest absolute Gasteiger partial charge is 0.481 e. The molecule has 0 radical (unpaired) electrons. The maximum atomic E-state index is 12.0. The SMILES string of the molecule is CCc1ccc2c(c1)CN(C(=O)C[C@H](C)C(=O)O)C2. The predicted octanol–water partition coefficient (Wildman–Crippen LogP) is 2.20. The first kappa shape index (κ1) is 13.6. The van der Waals surface area contributed by atoms with Gasteiger partial charge < -0.3 is 10.0 Å². The number of fused-ring (bicyclic) bond motifs is 1. The molecule has 1 amide bonds. The molecule has 1 aromatic rings. The van der Waals surface area contributed by atoms with Crippen molar-refractivity contribution in [3.05, 3.63) is 34.9 Å². The lowest BCUT2D eigenvalue weighted by Crippen LogP contribution is -2.28. The zero-order valence-electron chi connectivity index (χ0n) is 11.3. The number of hydrogen-bond donors (Lipinski definition) is 1. The van der Waals surface area contributed by atoms with E-state index in [2.05, 4.69) is 25.1 Å². The van der Waals surface area contributed by atoms with E-state index >= 15 is 0 Å². The van der Waals surface area contributed by atoms with Crippen molar-refractivity contribution in [3.63, 3.8) is 0 Å². The van der Waals surface area contributed by atoms with E-state index in [1.165, 1.54) is 16.7 Å². The molecule has 0 unspecified atom stereocenters. The fourth-order valence-electron chi connectivity index (χ4n) is 2.32. The van der Waals surface area contributed by atoms with Gasteiger partial charge >= 0.3 is 5.97 Å². The molecule has 1 aliphatic rings. The summed E-state index contributed by atoms with van der Waals surface area (Å²) < 4.78 is 0. The maximum absolute atomic E-state index is 12.0. The van der Waals surface area contributed by atoms with Crippen LogP contribution in [0.15, 0.2) is 18.2 Å². The van der Waals surface area contributed by atoms with Crippen molar-refractivity contribution in [2.24, 2.45) is 5.92 Å². The van der Waals surface area contributed by atoms with Crippen LogP contribution in [-0.2, 0) is 29.1 Å². The second-order valence-corrected chi connectivity index (χ2v) is 5.15. The highest BCUT2D eigenvalue weighted by Crippen LogP contribution is 2.25. The smallest absolute Gasteiger partial charge is 0.306 e. The monoisotopic (exact) mass is 261 g/mol. The third-order valence-corrected chi connectivity index (χ3v) is 3.66. The molecule has 2 rings (SSSR count). The number of rotatable bonds is 4. The van der Waals surface area contributed by atoms with Gasteiger partial charge in [0.2, 0.25) is 5.91 Å². The van der Waals surface area contributed by atoms with Crippen LogP contribution in [0.5, 0.6) is 0 Å². The molecule has 102 valence electrons. The predicted molar refractivity (Wildman–Crippen MR) is 71.5 cm³/mol. The molecule has 19 heavy (non-hydrogen) atoms. The van der Waals surface area contributed by atoms with E-state index in [9.17, 15) is 9.59 Å². The Morgan fingerprint density at radius 3 is 2.63 bits per heavy atom. The summed E-state index contributed by atoms with van der Waals surface area (Å²) in [6.45, 7) is 4.88. The molecular formula is C15H19NO3. The summed E-state index contributed by atoms with van der Waals surface area (Å²) in [6.07, 6.45) is 1.06. The Hall–Kier alpha value is -1.84. The van der Waals surface area contributed by atoms with Crippen LogP contribution in [0.3, 0.4) is 0 Å². The molecular weight excluding hydrogens is 242 g/mol. The van der Waals surface area contributed by atoms with Crippen LogP contribution in [0, 0.1) is 5.92 Å². The van der Waals surface area contributed by atoms with E-state index in [1.807, 2.05) is 0 Å². The van der Waals surface area contributed by atoms with E-state index in [0.29, 0.717) is 13.1 Å². The number of carbonyl (C=O) groups excluding carboxylic acids is 1. The average molecular weight is 261 g/mol. The Balaban J connectivity index is 2.03. The number of carboxylic acids is 1. The number of nitrogens with zero attached hydrogens (tertiary/aromatic N) is 1. The minimum Gasteiger partial charge on any atom is -0.481 e. The Kier molecular flexibility index (Phi) is 3.88. The molecule has 0 spiro atoms. The van der Waals surface area contributed by atoms with Crippen molar-refractivity contribution in [1.29, 1.82) is 0 Å². The lowest BCUT2D eigenvalue weighted by Gasteiger charge is -2.16. The molecule has 4 heteroatoms. The van der Waals surface area contributed by atoms with Gasteiger partial charge in [0, 0.05) is 19.5 Å². The van der Waals surface area contributed by atoms with Gasteiger partial charge in [-0.25, -0.2) is 0 Å². The lowest BCUT2D eigenvalue weighted by molar-refractivity contribution is -0.145. The highest BCUT2D eigenvalue weighted by atomic mass is 16.4. The summed E-state index contributed by atoms with van der Waals surface area (Å²) in [5.74, 6) is -1.62. The normalized spacial score (nSPS) is 15.2. The molecule has 0 saturated carbocycles. The van der Waals surface area contributed by atoms with E-state index < -0.39 is 11.9 Å². The van der Waals surface area contributed by atoms with Gasteiger partial charge in [0.05, 0.1) is 5.92 Å². The summed E-state index contributed by atoms with van der Waals surface area (Å²) in [4.78, 5) is 24.6. The number of benzene rings is 1. The van der Waals surface area contributed by atoms with Crippen LogP contribution < -0.4 is 0 Å². The molecule has 1 heterocycles. The average Bonchev–Trinajstić information content (AvgIpc) is 2.81. The van der Waals surface area contributed by atoms with Gasteiger partial charge in [0.1, 0.15) is 0 Å². The zero-order chi connectivity index (χ0) is 14.0. The van der Waals surface area contributed by atoms with Gasteiger partial charge in [-0.3, -0.25) is 9.59 Å². The van der Waals surface area contributed by atoms with Crippen LogP contribution in [0.25, 0.3) is 0 Å². The van der Waals surface area contributed by atoms with Crippen LogP contribution in [-0.4, -0.2) is 21.9 Å². The molecule has 4 nitrogen and oxygen atoms in total. The topological polar surface area (TPSA) is 57.6 Å². The number of amides is 1. The van der Waals surface area contributed by atoms with E-state index in [1.54, 1.807) is 11.8 Å². The van der Waals surface area contributed by atoms with Crippen molar-refractivity contribution in [2.75, 3.05) is 0 Å². The van der Waals surface area contributed by atoms with Gasteiger partial charge in [-0.2, -0.15) is 0 Å². The highest BCUT2D eigenvalue weighted by molar-refractivity contribution is 5.82. The summed E-state index contributed by atoms with van der Waals surface area (Å²) in [5, 5.41) is 8.84. The summed E-state index contributed by atoms with van der Waals surface area (Å²) in [7, 11) is 0. The second kappa shape index (κ2) is 5.43. The quantitative estimate of drug-likeness (QED) is 0.904. The van der Waals surface area contributed by atoms with Crippen molar-refractivity contribution in [3.8, 4) is 0 Å². The number of carbonyl (C=O) groups is 2.